The topological polar surface area (TPSA) is 90.4 Å². The molecule has 0 aliphatic carbocycles. The van der Waals surface area contributed by atoms with E-state index in [0.717, 1.165) is 0 Å². The van der Waals surface area contributed by atoms with Gasteiger partial charge in [-0.25, -0.2) is 18.0 Å². The van der Waals surface area contributed by atoms with Crippen molar-refractivity contribution in [1.29, 1.82) is 0 Å². The number of nitrogens with two attached hydrogens (primary N) is 1. The van der Waals surface area contributed by atoms with E-state index >= 15 is 0 Å². The van der Waals surface area contributed by atoms with Crippen molar-refractivity contribution in [3.8, 4) is 0 Å². The van der Waals surface area contributed by atoms with E-state index in [1.807, 2.05) is 0 Å². The monoisotopic (exact) mass is 263 g/mol. The van der Waals surface area contributed by atoms with Gasteiger partial charge in [-0.15, -0.1) is 0 Å². The average molecular weight is 263 g/mol. The molecule has 0 aromatic carbocycles. The Morgan fingerprint density at radius 2 is 2.11 bits per heavy atom. The molecule has 98 valence electrons. The van der Waals surface area contributed by atoms with E-state index in [2.05, 4.69) is 4.98 Å². The average Bonchev–Trinajstić information content (AvgIpc) is 2.61. The van der Waals surface area contributed by atoms with Gasteiger partial charge < -0.3 is 15.6 Å². The second kappa shape index (κ2) is 4.42. The van der Waals surface area contributed by atoms with Crippen LogP contribution in [0.1, 0.15) is 6.23 Å². The fraction of sp³-hybridized carbons (Fsp3) is 0.333. The van der Waals surface area contributed by atoms with Crippen LogP contribution in [0.5, 0.6) is 0 Å². The van der Waals surface area contributed by atoms with Crippen molar-refractivity contribution in [3.05, 3.63) is 34.2 Å². The van der Waals surface area contributed by atoms with Crippen LogP contribution < -0.4 is 11.4 Å². The van der Waals surface area contributed by atoms with E-state index in [4.69, 9.17) is 15.6 Å². The van der Waals surface area contributed by atoms with E-state index in [0.29, 0.717) is 10.8 Å². The first-order valence-corrected chi connectivity index (χ1v) is 4.81. The van der Waals surface area contributed by atoms with Crippen LogP contribution in [0.2, 0.25) is 0 Å². The molecular formula is C9H8F3N3O3. The second-order valence-corrected chi connectivity index (χ2v) is 3.52. The van der Waals surface area contributed by atoms with Gasteiger partial charge in [0.05, 0.1) is 12.8 Å². The molecule has 0 unspecified atom stereocenters. The van der Waals surface area contributed by atoms with Crippen LogP contribution in [0.3, 0.4) is 0 Å². The maximum absolute atomic E-state index is 13.4. The van der Waals surface area contributed by atoms with Crippen molar-refractivity contribution in [2.75, 3.05) is 12.3 Å². The van der Waals surface area contributed by atoms with E-state index in [1.165, 1.54) is 0 Å². The molecule has 6 nitrogen and oxygen atoms in total. The Kier molecular flexibility index (Phi) is 3.09. The number of anilines is 1. The van der Waals surface area contributed by atoms with Gasteiger partial charge in [0.2, 0.25) is 0 Å². The molecule has 1 aliphatic heterocycles. The normalized spacial score (nSPS) is 23.8. The molecule has 9 heteroatoms. The second-order valence-electron chi connectivity index (χ2n) is 3.52. The Hall–Kier alpha value is -1.87. The van der Waals surface area contributed by atoms with Gasteiger partial charge in [0.15, 0.2) is 29.5 Å². The molecule has 1 aliphatic rings. The van der Waals surface area contributed by atoms with Crippen LogP contribution in [-0.4, -0.2) is 27.4 Å². The molecule has 2 heterocycles. The summed E-state index contributed by atoms with van der Waals surface area (Å²) in [6.07, 6.45) is -2.76. The number of halogens is 3. The molecule has 0 amide bonds. The molecule has 2 rings (SSSR count). The van der Waals surface area contributed by atoms with Crippen molar-refractivity contribution >= 4 is 5.82 Å². The Labute approximate surface area is 98.1 Å². The van der Waals surface area contributed by atoms with E-state index < -0.39 is 47.9 Å². The number of nitrogens with zero attached hydrogens (tertiary/aromatic N) is 2. The van der Waals surface area contributed by atoms with Crippen molar-refractivity contribution in [2.45, 2.75) is 12.3 Å². The minimum atomic E-state index is -1.79. The zero-order valence-electron chi connectivity index (χ0n) is 8.81. The number of ether oxygens (including phenoxy) is 1. The molecule has 0 fully saturated rings. The summed E-state index contributed by atoms with van der Waals surface area (Å²) < 4.78 is 44.9. The van der Waals surface area contributed by atoms with Gasteiger partial charge in [-0.1, -0.05) is 0 Å². The lowest BCUT2D eigenvalue weighted by atomic mass is 10.3. The summed E-state index contributed by atoms with van der Waals surface area (Å²) >= 11 is 0. The number of rotatable bonds is 2. The smallest absolute Gasteiger partial charge is 0.352 e. The summed E-state index contributed by atoms with van der Waals surface area (Å²) in [5.74, 6) is -4.48. The van der Waals surface area contributed by atoms with Crippen LogP contribution >= 0.6 is 0 Å². The summed E-state index contributed by atoms with van der Waals surface area (Å²) in [5, 5.41) is 8.72. The molecular weight excluding hydrogens is 255 g/mol. The summed E-state index contributed by atoms with van der Waals surface area (Å²) in [6.45, 7) is -0.810. The summed E-state index contributed by atoms with van der Waals surface area (Å²) in [6, 6.07) is 0. The highest BCUT2D eigenvalue weighted by atomic mass is 19.2. The van der Waals surface area contributed by atoms with Crippen molar-refractivity contribution in [2.24, 2.45) is 0 Å². The predicted octanol–water partition coefficient (Wildman–Crippen LogP) is 0.00490. The Morgan fingerprint density at radius 3 is 2.67 bits per heavy atom. The lowest BCUT2D eigenvalue weighted by Crippen LogP contribution is -2.30. The van der Waals surface area contributed by atoms with Gasteiger partial charge in [0, 0.05) is 0 Å². The lowest BCUT2D eigenvalue weighted by Gasteiger charge is -2.14. The fourth-order valence-corrected chi connectivity index (χ4v) is 1.48. The van der Waals surface area contributed by atoms with Gasteiger partial charge >= 0.3 is 5.69 Å². The highest BCUT2D eigenvalue weighted by molar-refractivity contribution is 5.27. The Bertz CT molecular complexity index is 572. The first-order chi connectivity index (χ1) is 8.45. The standard InChI is InChI=1S/C9H8F3N3O3/c10-3-1-15(9(17)14-7(3)13)8-6(12)5(11)4(2-16)18-8/h1,4,8,16H,2H2,(H2,13,14,17)/t4-,8-/m1/s1. The SMILES string of the molecule is Nc1nc(=O)n([C@@H]2O[C@H](CO)C(F)=C2F)cc1F. The van der Waals surface area contributed by atoms with E-state index in [9.17, 15) is 18.0 Å². The van der Waals surface area contributed by atoms with Gasteiger partial charge in [-0.3, -0.25) is 4.57 Å². The molecule has 2 atom stereocenters. The number of aliphatic hydroxyl groups is 1. The van der Waals surface area contributed by atoms with Crippen molar-refractivity contribution in [1.82, 2.24) is 9.55 Å². The molecule has 0 bridgehead atoms. The number of aromatic nitrogens is 2. The lowest BCUT2D eigenvalue weighted by molar-refractivity contribution is -0.0290. The van der Waals surface area contributed by atoms with Crippen LogP contribution in [-0.2, 0) is 4.74 Å². The molecule has 3 N–H and O–H groups in total. The van der Waals surface area contributed by atoms with Crippen LogP contribution in [0.4, 0.5) is 19.0 Å². The Balaban J connectivity index is 2.46. The first-order valence-electron chi connectivity index (χ1n) is 4.81. The highest BCUT2D eigenvalue weighted by Crippen LogP contribution is 2.35. The van der Waals surface area contributed by atoms with Crippen molar-refractivity contribution < 1.29 is 23.0 Å². The molecule has 0 saturated carbocycles. The van der Waals surface area contributed by atoms with Gasteiger partial charge in [0.25, 0.3) is 0 Å². The van der Waals surface area contributed by atoms with Crippen LogP contribution in [0.15, 0.2) is 22.6 Å². The summed E-state index contributed by atoms with van der Waals surface area (Å²) in [4.78, 5) is 14.5. The van der Waals surface area contributed by atoms with E-state index in [1.54, 1.807) is 0 Å². The third kappa shape index (κ3) is 1.87. The van der Waals surface area contributed by atoms with Crippen LogP contribution in [0, 0.1) is 5.82 Å². The summed E-state index contributed by atoms with van der Waals surface area (Å²) in [5.41, 5.74) is 3.95. The zero-order chi connectivity index (χ0) is 13.4. The molecule has 1 aromatic heterocycles. The minimum Gasteiger partial charge on any atom is -0.393 e. The molecule has 18 heavy (non-hydrogen) atoms. The molecule has 1 aromatic rings. The van der Waals surface area contributed by atoms with Crippen LogP contribution in [0.25, 0.3) is 0 Å². The third-order valence-corrected chi connectivity index (χ3v) is 2.37. The largest absolute Gasteiger partial charge is 0.393 e. The van der Waals surface area contributed by atoms with Gasteiger partial charge in [-0.2, -0.15) is 4.98 Å². The highest BCUT2D eigenvalue weighted by Gasteiger charge is 2.37. The maximum atomic E-state index is 13.4. The molecule has 0 radical (unpaired) electrons. The molecule has 0 saturated heterocycles. The van der Waals surface area contributed by atoms with Gasteiger partial charge in [0.1, 0.15) is 6.10 Å². The van der Waals surface area contributed by atoms with Crippen molar-refractivity contribution in [3.63, 3.8) is 0 Å². The van der Waals surface area contributed by atoms with Gasteiger partial charge in [-0.05, 0) is 0 Å². The quantitative estimate of drug-likeness (QED) is 0.784. The predicted molar refractivity (Wildman–Crippen MR) is 53.1 cm³/mol. The summed E-state index contributed by atoms with van der Waals surface area (Å²) in [7, 11) is 0. The number of nitrogen functional groups attached to an aromatic ring is 1. The van der Waals surface area contributed by atoms with E-state index in [-0.39, 0.29) is 0 Å². The zero-order valence-corrected chi connectivity index (χ0v) is 8.81. The maximum Gasteiger partial charge on any atom is 0.352 e. The molecule has 0 spiro atoms. The number of hydrogen-bond acceptors (Lipinski definition) is 5. The minimum absolute atomic E-state index is 0.413. The number of aliphatic hydroxyl groups excluding tert-OH is 1. The number of hydrogen-bond donors (Lipinski definition) is 2. The first kappa shape index (κ1) is 12.6. The Morgan fingerprint density at radius 1 is 1.44 bits per heavy atom. The fourth-order valence-electron chi connectivity index (χ4n) is 1.48. The third-order valence-electron chi connectivity index (χ3n) is 2.37.